The lowest BCUT2D eigenvalue weighted by Crippen LogP contribution is -2.21. The third-order valence-electron chi connectivity index (χ3n) is 5.83. The minimum atomic E-state index is -0.0685. The molecule has 0 N–H and O–H groups in total. The largest absolute Gasteiger partial charge is 0.493 e. The van der Waals surface area contributed by atoms with Crippen LogP contribution in [0.25, 0.3) is 11.1 Å². The molecule has 0 aliphatic heterocycles. The molecule has 6 heteroatoms. The first kappa shape index (κ1) is 22.4. The first-order valence-corrected chi connectivity index (χ1v) is 10.8. The minimum Gasteiger partial charge on any atom is -0.493 e. The van der Waals surface area contributed by atoms with Gasteiger partial charge in [-0.05, 0) is 47.4 Å². The Kier molecular flexibility index (Phi) is 6.36. The topological polar surface area (TPSA) is 65.1 Å². The highest BCUT2D eigenvalue weighted by molar-refractivity contribution is 6.02. The number of carbonyl (C=O) groups excluding carboxylic acids is 2. The molecular formula is C27H27NO5. The Morgan fingerprint density at radius 3 is 2.36 bits per heavy atom. The molecule has 170 valence electrons. The quantitative estimate of drug-likeness (QED) is 0.524. The lowest BCUT2D eigenvalue weighted by Gasteiger charge is -2.19. The summed E-state index contributed by atoms with van der Waals surface area (Å²) in [5.74, 6) is 1.67. The average molecular weight is 446 g/mol. The Hall–Kier alpha value is -3.80. The Bertz CT molecular complexity index is 1220. The summed E-state index contributed by atoms with van der Waals surface area (Å²) in [6.07, 6.45) is 1.22. The van der Waals surface area contributed by atoms with E-state index < -0.39 is 0 Å². The number of methoxy groups -OCH3 is 2. The van der Waals surface area contributed by atoms with Gasteiger partial charge in [0, 0.05) is 37.2 Å². The number of carbonyl (C=O) groups is 2. The molecule has 0 saturated heterocycles. The number of Topliss-reactive ketones (excluding diaryl/α,β-unsaturated/α-hetero) is 1. The van der Waals surface area contributed by atoms with Crippen molar-refractivity contribution < 1.29 is 23.8 Å². The van der Waals surface area contributed by atoms with Crippen molar-refractivity contribution in [3.05, 3.63) is 76.9 Å². The lowest BCUT2D eigenvalue weighted by atomic mass is 9.95. The van der Waals surface area contributed by atoms with Gasteiger partial charge >= 0.3 is 0 Å². The molecule has 0 atom stereocenters. The monoisotopic (exact) mass is 445 g/mol. The van der Waals surface area contributed by atoms with Crippen LogP contribution in [0.4, 0.5) is 0 Å². The maximum Gasteiger partial charge on any atom is 0.253 e. The highest BCUT2D eigenvalue weighted by atomic mass is 16.5. The number of ketones is 1. The fourth-order valence-electron chi connectivity index (χ4n) is 4.20. The van der Waals surface area contributed by atoms with Crippen molar-refractivity contribution in [2.24, 2.45) is 0 Å². The second-order valence-corrected chi connectivity index (χ2v) is 8.12. The first-order chi connectivity index (χ1) is 15.9. The summed E-state index contributed by atoms with van der Waals surface area (Å²) < 4.78 is 17.5. The van der Waals surface area contributed by atoms with Crippen molar-refractivity contribution in [1.82, 2.24) is 4.90 Å². The van der Waals surface area contributed by atoms with Crippen LogP contribution in [0.2, 0.25) is 0 Å². The number of hydrogen-bond donors (Lipinski definition) is 0. The maximum atomic E-state index is 12.3. The van der Waals surface area contributed by atoms with Gasteiger partial charge in [0.25, 0.3) is 5.91 Å². The smallest absolute Gasteiger partial charge is 0.253 e. The summed E-state index contributed by atoms with van der Waals surface area (Å²) in [5, 5.41) is 0. The van der Waals surface area contributed by atoms with E-state index in [-0.39, 0.29) is 18.3 Å². The Morgan fingerprint density at radius 1 is 0.879 bits per heavy atom. The summed E-state index contributed by atoms with van der Waals surface area (Å²) in [6, 6.07) is 16.9. The molecular weight excluding hydrogens is 418 g/mol. The fourth-order valence-corrected chi connectivity index (χ4v) is 4.20. The zero-order valence-corrected chi connectivity index (χ0v) is 19.3. The van der Waals surface area contributed by atoms with Crippen LogP contribution < -0.4 is 14.2 Å². The summed E-state index contributed by atoms with van der Waals surface area (Å²) in [7, 11) is 6.60. The third kappa shape index (κ3) is 4.29. The first-order valence-electron chi connectivity index (χ1n) is 10.8. The third-order valence-corrected chi connectivity index (χ3v) is 5.83. The molecule has 0 unspecified atom stereocenters. The highest BCUT2D eigenvalue weighted by Gasteiger charge is 2.26. The normalized spacial score (nSPS) is 12.3. The molecule has 0 fully saturated rings. The van der Waals surface area contributed by atoms with Crippen molar-refractivity contribution in [1.29, 1.82) is 0 Å². The van der Waals surface area contributed by atoms with Crippen LogP contribution in [-0.2, 0) is 13.0 Å². The molecule has 0 saturated carbocycles. The van der Waals surface area contributed by atoms with Crippen molar-refractivity contribution >= 4 is 11.7 Å². The number of amides is 1. The van der Waals surface area contributed by atoms with E-state index in [4.69, 9.17) is 14.2 Å². The molecule has 0 bridgehead atoms. The second-order valence-electron chi connectivity index (χ2n) is 8.12. The molecule has 0 spiro atoms. The fraction of sp³-hybridized carbons (Fsp3) is 0.259. The van der Waals surface area contributed by atoms with E-state index in [0.29, 0.717) is 35.7 Å². The minimum absolute atomic E-state index is 0.0685. The SMILES string of the molecule is COc1ccc(-c2cccc3c2CCC3=O)c(OCc2cccc(C(=O)N(C)C)c2)c1OC. The van der Waals surface area contributed by atoms with Gasteiger partial charge < -0.3 is 19.1 Å². The van der Waals surface area contributed by atoms with E-state index in [0.717, 1.165) is 27.8 Å². The number of hydrogen-bond acceptors (Lipinski definition) is 5. The predicted octanol–water partition coefficient (Wildman–Crippen LogP) is 4.78. The molecule has 0 radical (unpaired) electrons. The van der Waals surface area contributed by atoms with Crippen LogP contribution in [-0.4, -0.2) is 44.9 Å². The van der Waals surface area contributed by atoms with E-state index >= 15 is 0 Å². The summed E-state index contributed by atoms with van der Waals surface area (Å²) in [4.78, 5) is 26.2. The van der Waals surface area contributed by atoms with Gasteiger partial charge in [0.1, 0.15) is 6.61 Å². The van der Waals surface area contributed by atoms with Crippen molar-refractivity contribution in [2.45, 2.75) is 19.4 Å². The second kappa shape index (κ2) is 9.36. The predicted molar refractivity (Wildman–Crippen MR) is 126 cm³/mol. The molecule has 3 aromatic rings. The van der Waals surface area contributed by atoms with Crippen molar-refractivity contribution in [2.75, 3.05) is 28.3 Å². The van der Waals surface area contributed by atoms with E-state index in [1.54, 1.807) is 39.3 Å². The van der Waals surface area contributed by atoms with E-state index in [9.17, 15) is 9.59 Å². The molecule has 1 aliphatic rings. The Morgan fingerprint density at radius 2 is 1.64 bits per heavy atom. The van der Waals surface area contributed by atoms with Crippen LogP contribution in [0.1, 0.15) is 38.3 Å². The van der Waals surface area contributed by atoms with Gasteiger partial charge in [-0.15, -0.1) is 0 Å². The van der Waals surface area contributed by atoms with Gasteiger partial charge in [-0.1, -0.05) is 30.3 Å². The summed E-state index contributed by atoms with van der Waals surface area (Å²) in [6.45, 7) is 0.235. The van der Waals surface area contributed by atoms with E-state index in [1.165, 1.54) is 0 Å². The average Bonchev–Trinajstić information content (AvgIpc) is 3.22. The number of rotatable bonds is 7. The molecule has 33 heavy (non-hydrogen) atoms. The van der Waals surface area contributed by atoms with Gasteiger partial charge in [-0.2, -0.15) is 0 Å². The zero-order chi connectivity index (χ0) is 23.5. The maximum absolute atomic E-state index is 12.3. The van der Waals surface area contributed by atoms with Gasteiger partial charge in [-0.25, -0.2) is 0 Å². The van der Waals surface area contributed by atoms with E-state index in [2.05, 4.69) is 0 Å². The van der Waals surface area contributed by atoms with Crippen LogP contribution in [0.15, 0.2) is 54.6 Å². The van der Waals surface area contributed by atoms with E-state index in [1.807, 2.05) is 48.5 Å². The van der Waals surface area contributed by atoms with Gasteiger partial charge in [-0.3, -0.25) is 9.59 Å². The highest BCUT2D eigenvalue weighted by Crippen LogP contribution is 2.46. The lowest BCUT2D eigenvalue weighted by molar-refractivity contribution is 0.0827. The molecule has 1 aliphatic carbocycles. The molecule has 6 nitrogen and oxygen atoms in total. The van der Waals surface area contributed by atoms with Crippen LogP contribution in [0, 0.1) is 0 Å². The summed E-state index contributed by atoms with van der Waals surface area (Å²) >= 11 is 0. The molecule has 3 aromatic carbocycles. The van der Waals surface area contributed by atoms with Crippen LogP contribution in [0.5, 0.6) is 17.2 Å². The van der Waals surface area contributed by atoms with Gasteiger partial charge in [0.2, 0.25) is 5.75 Å². The standard InChI is InChI=1S/C27H27NO5/c1-28(2)27(30)18-8-5-7-17(15-18)16-33-25-22(12-14-24(31-3)26(25)32-4)19-9-6-10-21-20(19)11-13-23(21)29/h5-10,12,14-15H,11,13,16H2,1-4H3. The van der Waals surface area contributed by atoms with Gasteiger partial charge in [0.15, 0.2) is 17.3 Å². The molecule has 4 rings (SSSR count). The number of fused-ring (bicyclic) bond motifs is 1. The van der Waals surface area contributed by atoms with Crippen molar-refractivity contribution in [3.8, 4) is 28.4 Å². The zero-order valence-electron chi connectivity index (χ0n) is 19.3. The molecule has 1 amide bonds. The number of ether oxygens (including phenoxy) is 3. The van der Waals surface area contributed by atoms with Crippen LogP contribution in [0.3, 0.4) is 0 Å². The number of nitrogens with zero attached hydrogens (tertiary/aromatic N) is 1. The van der Waals surface area contributed by atoms with Gasteiger partial charge in [0.05, 0.1) is 14.2 Å². The Balaban J connectivity index is 1.75. The molecule has 0 heterocycles. The summed E-state index contributed by atoms with van der Waals surface area (Å²) in [5.41, 5.74) is 5.03. The number of benzene rings is 3. The van der Waals surface area contributed by atoms with Crippen LogP contribution >= 0.6 is 0 Å². The Labute approximate surface area is 193 Å². The molecule has 0 aromatic heterocycles. The van der Waals surface area contributed by atoms with Crippen molar-refractivity contribution in [3.63, 3.8) is 0 Å².